The van der Waals surface area contributed by atoms with Gasteiger partial charge in [-0.25, -0.2) is 0 Å². The number of hydrogen-bond acceptors (Lipinski definition) is 1. The zero-order chi connectivity index (χ0) is 19.7. The molecule has 28 heavy (non-hydrogen) atoms. The molecule has 0 spiro atoms. The number of H-pyrrole nitrogens is 1. The third-order valence-electron chi connectivity index (χ3n) is 5.97. The molecule has 0 radical (unpaired) electrons. The standard InChI is InChI=1S/C23H26ClN3O/c1-16-12-19(24)13-20-22(16)25-17(2)21(23(20)28)15-27-10-8-26(9-11-27)14-18-6-4-3-5-7-18/h3-7,12-13H,8-11,14-15H2,1-2H3,(H,25,28)/p+2. The number of piperazine rings is 1. The van der Waals surface area contributed by atoms with Gasteiger partial charge < -0.3 is 14.8 Å². The van der Waals surface area contributed by atoms with Gasteiger partial charge in [-0.2, -0.15) is 0 Å². The van der Waals surface area contributed by atoms with E-state index in [9.17, 15) is 4.79 Å². The maximum absolute atomic E-state index is 13.1. The number of hydrogen-bond donors (Lipinski definition) is 3. The van der Waals surface area contributed by atoms with Crippen LogP contribution in [0.1, 0.15) is 22.4 Å². The number of nitrogens with one attached hydrogen (secondary N) is 3. The van der Waals surface area contributed by atoms with Crippen LogP contribution >= 0.6 is 11.6 Å². The number of benzene rings is 2. The lowest BCUT2D eigenvalue weighted by atomic mass is 10.0. The number of rotatable bonds is 4. The van der Waals surface area contributed by atoms with E-state index in [-0.39, 0.29) is 5.43 Å². The van der Waals surface area contributed by atoms with Gasteiger partial charge in [0.2, 0.25) is 0 Å². The Labute approximate surface area is 170 Å². The summed E-state index contributed by atoms with van der Waals surface area (Å²) in [5.74, 6) is 0. The predicted molar refractivity (Wildman–Crippen MR) is 114 cm³/mol. The summed E-state index contributed by atoms with van der Waals surface area (Å²) in [6.07, 6.45) is 0. The zero-order valence-corrected chi connectivity index (χ0v) is 17.3. The number of aryl methyl sites for hydroxylation is 2. The van der Waals surface area contributed by atoms with E-state index in [0.717, 1.165) is 61.6 Å². The Morgan fingerprint density at radius 1 is 0.964 bits per heavy atom. The molecule has 2 heterocycles. The highest BCUT2D eigenvalue weighted by atomic mass is 35.5. The highest BCUT2D eigenvalue weighted by Gasteiger charge is 2.25. The van der Waals surface area contributed by atoms with Gasteiger partial charge in [0.15, 0.2) is 5.43 Å². The molecule has 0 amide bonds. The molecule has 1 aliphatic rings. The number of aromatic nitrogens is 1. The predicted octanol–water partition coefficient (Wildman–Crippen LogP) is 1.28. The molecule has 4 rings (SSSR count). The Morgan fingerprint density at radius 3 is 2.29 bits per heavy atom. The summed E-state index contributed by atoms with van der Waals surface area (Å²) in [4.78, 5) is 19.7. The molecule has 0 unspecified atom stereocenters. The summed E-state index contributed by atoms with van der Waals surface area (Å²) in [5, 5.41) is 1.33. The van der Waals surface area contributed by atoms with Crippen molar-refractivity contribution in [3.63, 3.8) is 0 Å². The Hall–Kier alpha value is -2.14. The van der Waals surface area contributed by atoms with Crippen molar-refractivity contribution in [2.24, 2.45) is 0 Å². The molecule has 1 aliphatic heterocycles. The minimum atomic E-state index is 0.128. The topological polar surface area (TPSA) is 41.7 Å². The summed E-state index contributed by atoms with van der Waals surface area (Å²) < 4.78 is 0. The number of quaternary nitrogens is 2. The van der Waals surface area contributed by atoms with Crippen molar-refractivity contribution in [1.29, 1.82) is 0 Å². The molecule has 0 saturated carbocycles. The van der Waals surface area contributed by atoms with Crippen LogP contribution in [0.4, 0.5) is 0 Å². The first-order valence-electron chi connectivity index (χ1n) is 10.0. The Bertz CT molecular complexity index is 1040. The van der Waals surface area contributed by atoms with Gasteiger partial charge in [-0.1, -0.05) is 41.9 Å². The summed E-state index contributed by atoms with van der Waals surface area (Å²) >= 11 is 6.20. The molecule has 5 heteroatoms. The van der Waals surface area contributed by atoms with Gasteiger partial charge in [0.05, 0.1) is 11.1 Å². The van der Waals surface area contributed by atoms with Crippen LogP contribution in [0.2, 0.25) is 5.02 Å². The van der Waals surface area contributed by atoms with Crippen molar-refractivity contribution < 1.29 is 9.80 Å². The molecule has 2 aromatic carbocycles. The number of aromatic amines is 1. The van der Waals surface area contributed by atoms with Crippen LogP contribution < -0.4 is 15.2 Å². The largest absolute Gasteiger partial charge is 0.358 e. The fourth-order valence-electron chi connectivity index (χ4n) is 4.34. The third kappa shape index (κ3) is 4.00. The first kappa shape index (κ1) is 19.2. The van der Waals surface area contributed by atoms with E-state index in [1.54, 1.807) is 11.0 Å². The molecule has 0 atom stereocenters. The average molecular weight is 398 g/mol. The van der Waals surface area contributed by atoms with E-state index in [2.05, 4.69) is 35.3 Å². The normalized spacial score (nSPS) is 19.8. The first-order valence-corrected chi connectivity index (χ1v) is 10.4. The van der Waals surface area contributed by atoms with Gasteiger partial charge in [0, 0.05) is 21.7 Å². The lowest BCUT2D eigenvalue weighted by Crippen LogP contribution is -3.27. The Balaban J connectivity index is 1.48. The van der Waals surface area contributed by atoms with Crippen LogP contribution in [0.5, 0.6) is 0 Å². The van der Waals surface area contributed by atoms with Gasteiger partial charge in [-0.15, -0.1) is 0 Å². The van der Waals surface area contributed by atoms with E-state index in [0.29, 0.717) is 10.4 Å². The molecule has 3 N–H and O–H groups in total. The molecular weight excluding hydrogens is 370 g/mol. The second kappa shape index (κ2) is 8.08. The lowest BCUT2D eigenvalue weighted by Gasteiger charge is -2.30. The maximum atomic E-state index is 13.1. The van der Waals surface area contributed by atoms with Crippen molar-refractivity contribution in [2.45, 2.75) is 26.9 Å². The van der Waals surface area contributed by atoms with Crippen LogP contribution in [0.15, 0.2) is 47.3 Å². The molecule has 4 nitrogen and oxygen atoms in total. The van der Waals surface area contributed by atoms with Gasteiger partial charge >= 0.3 is 0 Å². The Morgan fingerprint density at radius 2 is 1.61 bits per heavy atom. The summed E-state index contributed by atoms with van der Waals surface area (Å²) in [5.41, 5.74) is 5.33. The van der Waals surface area contributed by atoms with Crippen molar-refractivity contribution in [2.75, 3.05) is 26.2 Å². The van der Waals surface area contributed by atoms with Crippen LogP contribution in [0, 0.1) is 13.8 Å². The smallest absolute Gasteiger partial charge is 0.198 e. The molecule has 0 aliphatic carbocycles. The van der Waals surface area contributed by atoms with E-state index < -0.39 is 0 Å². The van der Waals surface area contributed by atoms with Crippen molar-refractivity contribution in [3.8, 4) is 0 Å². The fourth-order valence-corrected chi connectivity index (χ4v) is 4.61. The highest BCUT2D eigenvalue weighted by molar-refractivity contribution is 6.31. The van der Waals surface area contributed by atoms with E-state index >= 15 is 0 Å². The fraction of sp³-hybridized carbons (Fsp3) is 0.348. The quantitative estimate of drug-likeness (QED) is 0.610. The third-order valence-corrected chi connectivity index (χ3v) is 6.19. The van der Waals surface area contributed by atoms with Crippen LogP contribution in [-0.2, 0) is 13.1 Å². The molecule has 1 aromatic heterocycles. The molecule has 0 bridgehead atoms. The van der Waals surface area contributed by atoms with E-state index in [1.807, 2.05) is 19.9 Å². The van der Waals surface area contributed by atoms with Gasteiger partial charge in [-0.05, 0) is 31.5 Å². The molecule has 3 aromatic rings. The van der Waals surface area contributed by atoms with E-state index in [4.69, 9.17) is 11.6 Å². The summed E-state index contributed by atoms with van der Waals surface area (Å²) in [6.45, 7) is 10.3. The maximum Gasteiger partial charge on any atom is 0.198 e. The second-order valence-electron chi connectivity index (χ2n) is 8.04. The SMILES string of the molecule is Cc1[nH]c2c(C)cc(Cl)cc2c(=O)c1C[NH+]1CC[NH+](Cc2ccccc2)CC1. The number of halogens is 1. The molecular formula is C23H28ClN3O+2. The van der Waals surface area contributed by atoms with Crippen LogP contribution in [0.3, 0.4) is 0 Å². The van der Waals surface area contributed by atoms with E-state index in [1.165, 1.54) is 10.5 Å². The van der Waals surface area contributed by atoms with Crippen molar-refractivity contribution in [3.05, 3.63) is 80.1 Å². The van der Waals surface area contributed by atoms with Crippen LogP contribution in [0.25, 0.3) is 10.9 Å². The van der Waals surface area contributed by atoms with Crippen molar-refractivity contribution in [1.82, 2.24) is 4.98 Å². The van der Waals surface area contributed by atoms with Crippen LogP contribution in [-0.4, -0.2) is 31.2 Å². The van der Waals surface area contributed by atoms with Crippen molar-refractivity contribution >= 4 is 22.5 Å². The molecule has 1 saturated heterocycles. The van der Waals surface area contributed by atoms with Gasteiger partial charge in [0.1, 0.15) is 39.3 Å². The van der Waals surface area contributed by atoms with Gasteiger partial charge in [0.25, 0.3) is 0 Å². The zero-order valence-electron chi connectivity index (χ0n) is 16.6. The monoisotopic (exact) mass is 397 g/mol. The lowest BCUT2D eigenvalue weighted by molar-refractivity contribution is -1.02. The summed E-state index contributed by atoms with van der Waals surface area (Å²) in [7, 11) is 0. The summed E-state index contributed by atoms with van der Waals surface area (Å²) in [6, 6.07) is 14.4. The number of fused-ring (bicyclic) bond motifs is 1. The highest BCUT2D eigenvalue weighted by Crippen LogP contribution is 2.20. The molecule has 1 fully saturated rings. The van der Waals surface area contributed by atoms with Gasteiger partial charge in [-0.3, -0.25) is 4.79 Å². The average Bonchev–Trinajstić information content (AvgIpc) is 2.68. The minimum absolute atomic E-state index is 0.128. The Kier molecular flexibility index (Phi) is 5.54. The first-order chi connectivity index (χ1) is 13.5. The number of pyridine rings is 1. The molecule has 146 valence electrons. The second-order valence-corrected chi connectivity index (χ2v) is 8.48. The minimum Gasteiger partial charge on any atom is -0.358 e.